The standard InChI is InChI=1S/C28H20Br2N2O4/c29-22-12-14-24(36-27(34)15-10-19-6-2-1-3-7-19)21(16-22)17-31-32-26(33)18-35-25-13-11-20-8-4-5-9-23(20)28(25)30/h1-17H,18H2,(H,32,33). The summed E-state index contributed by atoms with van der Waals surface area (Å²) in [5.74, 6) is -0.118. The first-order chi connectivity index (χ1) is 17.5. The zero-order valence-electron chi connectivity index (χ0n) is 18.9. The van der Waals surface area contributed by atoms with E-state index in [1.165, 1.54) is 12.3 Å². The molecule has 36 heavy (non-hydrogen) atoms. The van der Waals surface area contributed by atoms with Crippen LogP contribution in [0.4, 0.5) is 0 Å². The van der Waals surface area contributed by atoms with Crippen LogP contribution < -0.4 is 14.9 Å². The molecule has 0 fully saturated rings. The van der Waals surface area contributed by atoms with Crippen molar-refractivity contribution in [1.29, 1.82) is 0 Å². The van der Waals surface area contributed by atoms with Gasteiger partial charge in [0, 0.05) is 16.1 Å². The zero-order chi connectivity index (χ0) is 25.3. The molecule has 0 aliphatic heterocycles. The first kappa shape index (κ1) is 25.3. The molecule has 0 spiro atoms. The molecule has 1 N–H and O–H groups in total. The van der Waals surface area contributed by atoms with E-state index < -0.39 is 11.9 Å². The zero-order valence-corrected chi connectivity index (χ0v) is 22.0. The summed E-state index contributed by atoms with van der Waals surface area (Å²) in [5, 5.41) is 6.03. The van der Waals surface area contributed by atoms with Gasteiger partial charge >= 0.3 is 5.97 Å². The number of nitrogens with zero attached hydrogens (tertiary/aromatic N) is 1. The van der Waals surface area contributed by atoms with Gasteiger partial charge in [0.15, 0.2) is 6.61 Å². The number of halogens is 2. The number of rotatable bonds is 8. The quantitative estimate of drug-likeness (QED) is 0.0814. The SMILES string of the molecule is O=C(COc1ccc2ccccc2c1Br)NN=Cc1cc(Br)ccc1OC(=O)C=Cc1ccccc1. The van der Waals surface area contributed by atoms with Crippen molar-refractivity contribution in [3.05, 3.63) is 111 Å². The number of ether oxygens (including phenoxy) is 2. The maximum absolute atomic E-state index is 12.3. The largest absolute Gasteiger partial charge is 0.483 e. The van der Waals surface area contributed by atoms with Crippen LogP contribution in [0.3, 0.4) is 0 Å². The Morgan fingerprint density at radius 1 is 0.889 bits per heavy atom. The van der Waals surface area contributed by atoms with Crippen molar-refractivity contribution in [3.63, 3.8) is 0 Å². The van der Waals surface area contributed by atoms with Gasteiger partial charge in [0.2, 0.25) is 0 Å². The molecule has 1 amide bonds. The van der Waals surface area contributed by atoms with Crippen LogP contribution in [0.2, 0.25) is 0 Å². The highest BCUT2D eigenvalue weighted by molar-refractivity contribution is 9.11. The van der Waals surface area contributed by atoms with Crippen LogP contribution in [0, 0.1) is 0 Å². The molecule has 6 nitrogen and oxygen atoms in total. The number of fused-ring (bicyclic) bond motifs is 1. The highest BCUT2D eigenvalue weighted by Crippen LogP contribution is 2.33. The van der Waals surface area contributed by atoms with Crippen LogP contribution in [0.25, 0.3) is 16.8 Å². The molecule has 0 atom stereocenters. The molecule has 0 saturated carbocycles. The predicted octanol–water partition coefficient (Wildman–Crippen LogP) is 6.51. The summed E-state index contributed by atoms with van der Waals surface area (Å²) >= 11 is 6.93. The number of hydrogen-bond acceptors (Lipinski definition) is 5. The smallest absolute Gasteiger partial charge is 0.336 e. The van der Waals surface area contributed by atoms with Crippen LogP contribution >= 0.6 is 31.9 Å². The van der Waals surface area contributed by atoms with Gasteiger partial charge in [-0.05, 0) is 62.6 Å². The van der Waals surface area contributed by atoms with E-state index in [0.717, 1.165) is 25.3 Å². The maximum Gasteiger partial charge on any atom is 0.336 e. The molecule has 0 radical (unpaired) electrons. The van der Waals surface area contributed by atoms with Gasteiger partial charge in [0.1, 0.15) is 11.5 Å². The van der Waals surface area contributed by atoms with Crippen LogP contribution in [-0.2, 0) is 9.59 Å². The van der Waals surface area contributed by atoms with E-state index in [1.54, 1.807) is 30.3 Å². The Morgan fingerprint density at radius 3 is 2.47 bits per heavy atom. The Hall–Kier alpha value is -3.75. The van der Waals surface area contributed by atoms with Crippen molar-refractivity contribution in [2.24, 2.45) is 5.10 Å². The van der Waals surface area contributed by atoms with E-state index in [2.05, 4.69) is 42.4 Å². The van der Waals surface area contributed by atoms with E-state index >= 15 is 0 Å². The molecular weight excluding hydrogens is 588 g/mol. The molecule has 4 aromatic carbocycles. The minimum atomic E-state index is -0.533. The van der Waals surface area contributed by atoms with E-state index in [0.29, 0.717) is 17.1 Å². The lowest BCUT2D eigenvalue weighted by Crippen LogP contribution is -2.24. The molecule has 0 heterocycles. The second kappa shape index (κ2) is 12.3. The van der Waals surface area contributed by atoms with Crippen molar-refractivity contribution in [3.8, 4) is 11.5 Å². The minimum absolute atomic E-state index is 0.223. The summed E-state index contributed by atoms with van der Waals surface area (Å²) in [7, 11) is 0. The summed E-state index contributed by atoms with van der Waals surface area (Å²) in [6.07, 6.45) is 4.42. The van der Waals surface area contributed by atoms with Gasteiger partial charge in [-0.3, -0.25) is 4.79 Å². The van der Waals surface area contributed by atoms with Crippen LogP contribution in [-0.4, -0.2) is 24.7 Å². The van der Waals surface area contributed by atoms with Gasteiger partial charge in [0.05, 0.1) is 10.7 Å². The molecule has 0 aliphatic carbocycles. The second-order valence-electron chi connectivity index (χ2n) is 7.53. The number of benzene rings is 4. The van der Waals surface area contributed by atoms with Gasteiger partial charge in [-0.2, -0.15) is 5.10 Å². The Kier molecular flexibility index (Phi) is 8.65. The Balaban J connectivity index is 1.35. The third kappa shape index (κ3) is 6.90. The number of carbonyl (C=O) groups excluding carboxylic acids is 2. The minimum Gasteiger partial charge on any atom is -0.483 e. The molecular formula is C28H20Br2N2O4. The number of hydrazone groups is 1. The van der Waals surface area contributed by atoms with Gasteiger partial charge in [-0.25, -0.2) is 10.2 Å². The number of esters is 1. The Labute approximate surface area is 224 Å². The molecule has 0 aliphatic rings. The van der Waals surface area contributed by atoms with Crippen molar-refractivity contribution in [2.75, 3.05) is 6.61 Å². The van der Waals surface area contributed by atoms with Gasteiger partial charge in [0.25, 0.3) is 5.91 Å². The average Bonchev–Trinajstić information content (AvgIpc) is 2.89. The lowest BCUT2D eigenvalue weighted by Gasteiger charge is -2.09. The van der Waals surface area contributed by atoms with Crippen LogP contribution in [0.15, 0.2) is 105 Å². The highest BCUT2D eigenvalue weighted by atomic mass is 79.9. The fourth-order valence-electron chi connectivity index (χ4n) is 3.26. The first-order valence-corrected chi connectivity index (χ1v) is 12.4. The van der Waals surface area contributed by atoms with Crippen molar-refractivity contribution in [1.82, 2.24) is 5.43 Å². The normalized spacial score (nSPS) is 11.2. The van der Waals surface area contributed by atoms with Gasteiger partial charge in [-0.15, -0.1) is 0 Å². The Bertz CT molecular complexity index is 1450. The molecule has 8 heteroatoms. The molecule has 180 valence electrons. The average molecular weight is 608 g/mol. The van der Waals surface area contributed by atoms with Gasteiger partial charge < -0.3 is 9.47 Å². The van der Waals surface area contributed by atoms with Crippen molar-refractivity contribution < 1.29 is 19.1 Å². The lowest BCUT2D eigenvalue weighted by atomic mass is 10.1. The summed E-state index contributed by atoms with van der Waals surface area (Å²) in [6, 6.07) is 26.1. The summed E-state index contributed by atoms with van der Waals surface area (Å²) < 4.78 is 12.6. The number of carbonyl (C=O) groups is 2. The maximum atomic E-state index is 12.3. The van der Waals surface area contributed by atoms with Crippen LogP contribution in [0.5, 0.6) is 11.5 Å². The first-order valence-electron chi connectivity index (χ1n) is 10.9. The summed E-state index contributed by atoms with van der Waals surface area (Å²) in [5.41, 5.74) is 3.81. The van der Waals surface area contributed by atoms with E-state index in [-0.39, 0.29) is 6.61 Å². The Morgan fingerprint density at radius 2 is 1.64 bits per heavy atom. The van der Waals surface area contributed by atoms with Crippen molar-refractivity contribution in [2.45, 2.75) is 0 Å². The summed E-state index contributed by atoms with van der Waals surface area (Å²) in [6.45, 7) is -0.223. The molecule has 0 aromatic heterocycles. The highest BCUT2D eigenvalue weighted by Gasteiger charge is 2.09. The lowest BCUT2D eigenvalue weighted by molar-refractivity contribution is -0.129. The number of amides is 1. The number of hydrogen-bond donors (Lipinski definition) is 1. The molecule has 0 bridgehead atoms. The number of nitrogens with one attached hydrogen (secondary N) is 1. The third-order valence-corrected chi connectivity index (χ3v) is 6.28. The van der Waals surface area contributed by atoms with E-state index in [1.807, 2.05) is 60.7 Å². The fraction of sp³-hybridized carbons (Fsp3) is 0.0357. The fourth-order valence-corrected chi connectivity index (χ4v) is 4.24. The van der Waals surface area contributed by atoms with Crippen LogP contribution in [0.1, 0.15) is 11.1 Å². The van der Waals surface area contributed by atoms with Gasteiger partial charge in [-0.1, -0.05) is 76.6 Å². The second-order valence-corrected chi connectivity index (χ2v) is 9.24. The molecule has 0 saturated heterocycles. The predicted molar refractivity (Wildman–Crippen MR) is 148 cm³/mol. The van der Waals surface area contributed by atoms with E-state index in [4.69, 9.17) is 9.47 Å². The molecule has 4 rings (SSSR count). The topological polar surface area (TPSA) is 77.0 Å². The molecule has 0 unspecified atom stereocenters. The van der Waals surface area contributed by atoms with E-state index in [9.17, 15) is 9.59 Å². The summed E-state index contributed by atoms with van der Waals surface area (Å²) in [4.78, 5) is 24.5. The third-order valence-electron chi connectivity index (χ3n) is 4.97. The molecule has 4 aromatic rings. The van der Waals surface area contributed by atoms with Crippen molar-refractivity contribution >= 4 is 66.8 Å². The monoisotopic (exact) mass is 606 g/mol.